The van der Waals surface area contributed by atoms with Crippen molar-refractivity contribution in [3.8, 4) is 6.07 Å². The largest absolute Gasteiger partial charge is 0.193 e. The molecule has 0 amide bonds. The van der Waals surface area contributed by atoms with E-state index >= 15 is 0 Å². The standard InChI is InChI=1S/C13H13Cl2N/c1-3-5-10(8-16)13(15)11-6-4-7-12(14)9(11)2/h4,6-7H,3,5H2,1-2H3/b13-10-. The van der Waals surface area contributed by atoms with Crippen LogP contribution in [0.4, 0.5) is 0 Å². The Morgan fingerprint density at radius 2 is 2.12 bits per heavy atom. The van der Waals surface area contributed by atoms with Crippen LogP contribution in [0.2, 0.25) is 5.02 Å². The molecule has 0 saturated carbocycles. The van der Waals surface area contributed by atoms with Gasteiger partial charge in [-0.15, -0.1) is 0 Å². The zero-order valence-electron chi connectivity index (χ0n) is 9.35. The van der Waals surface area contributed by atoms with Crippen molar-refractivity contribution in [2.75, 3.05) is 0 Å². The van der Waals surface area contributed by atoms with Crippen molar-refractivity contribution in [1.82, 2.24) is 0 Å². The highest BCUT2D eigenvalue weighted by Gasteiger charge is 2.10. The summed E-state index contributed by atoms with van der Waals surface area (Å²) in [6.07, 6.45) is 1.60. The van der Waals surface area contributed by atoms with Crippen LogP contribution in [0.1, 0.15) is 30.9 Å². The number of hydrogen-bond acceptors (Lipinski definition) is 1. The van der Waals surface area contributed by atoms with Gasteiger partial charge in [0.15, 0.2) is 0 Å². The molecule has 1 nitrogen and oxygen atoms in total. The van der Waals surface area contributed by atoms with Crippen LogP contribution in [0.3, 0.4) is 0 Å². The molecule has 0 aliphatic rings. The van der Waals surface area contributed by atoms with Crippen LogP contribution in [-0.2, 0) is 0 Å². The first-order valence-electron chi connectivity index (χ1n) is 5.16. The van der Waals surface area contributed by atoms with Crippen LogP contribution < -0.4 is 0 Å². The SMILES string of the molecule is CCC/C(C#N)=C(/Cl)c1cccc(Cl)c1C. The second-order valence-electron chi connectivity index (χ2n) is 3.57. The fourth-order valence-corrected chi connectivity index (χ4v) is 1.99. The summed E-state index contributed by atoms with van der Waals surface area (Å²) in [5.74, 6) is 0. The van der Waals surface area contributed by atoms with Crippen molar-refractivity contribution in [2.24, 2.45) is 0 Å². The van der Waals surface area contributed by atoms with E-state index in [1.165, 1.54) is 0 Å². The average molecular weight is 254 g/mol. The van der Waals surface area contributed by atoms with E-state index in [2.05, 4.69) is 6.07 Å². The van der Waals surface area contributed by atoms with E-state index < -0.39 is 0 Å². The molecule has 1 aromatic carbocycles. The van der Waals surface area contributed by atoms with Gasteiger partial charge >= 0.3 is 0 Å². The van der Waals surface area contributed by atoms with Crippen molar-refractivity contribution >= 4 is 28.2 Å². The van der Waals surface area contributed by atoms with E-state index in [4.69, 9.17) is 28.5 Å². The molecule has 0 spiro atoms. The number of nitrogens with zero attached hydrogens (tertiary/aromatic N) is 1. The summed E-state index contributed by atoms with van der Waals surface area (Å²) in [6.45, 7) is 3.92. The minimum absolute atomic E-state index is 0.518. The molecular weight excluding hydrogens is 241 g/mol. The van der Waals surface area contributed by atoms with Crippen LogP contribution in [0.15, 0.2) is 23.8 Å². The maximum absolute atomic E-state index is 9.02. The van der Waals surface area contributed by atoms with Crippen LogP contribution >= 0.6 is 23.2 Å². The highest BCUT2D eigenvalue weighted by atomic mass is 35.5. The molecule has 0 aromatic heterocycles. The normalized spacial score (nSPS) is 11.9. The number of nitriles is 1. The lowest BCUT2D eigenvalue weighted by molar-refractivity contribution is 0.933. The Morgan fingerprint density at radius 1 is 1.44 bits per heavy atom. The van der Waals surface area contributed by atoms with Gasteiger partial charge in [0.1, 0.15) is 0 Å². The highest BCUT2D eigenvalue weighted by Crippen LogP contribution is 2.30. The van der Waals surface area contributed by atoms with Crippen LogP contribution in [0.5, 0.6) is 0 Å². The molecule has 0 atom stereocenters. The molecule has 0 fully saturated rings. The Balaban J connectivity index is 3.28. The maximum Gasteiger partial charge on any atom is 0.0962 e. The lowest BCUT2D eigenvalue weighted by atomic mass is 10.0. The molecule has 0 radical (unpaired) electrons. The fourth-order valence-electron chi connectivity index (χ4n) is 1.47. The average Bonchev–Trinajstić information content (AvgIpc) is 2.29. The third-order valence-corrected chi connectivity index (χ3v) is 3.25. The molecule has 0 heterocycles. The van der Waals surface area contributed by atoms with E-state index in [1.54, 1.807) is 0 Å². The van der Waals surface area contributed by atoms with Gasteiger partial charge in [-0.1, -0.05) is 48.7 Å². The molecule has 1 rings (SSSR count). The lowest BCUT2D eigenvalue weighted by Gasteiger charge is -2.08. The molecule has 0 bridgehead atoms. The van der Waals surface area contributed by atoms with Gasteiger partial charge in [0, 0.05) is 10.6 Å². The second-order valence-corrected chi connectivity index (χ2v) is 4.35. The summed E-state index contributed by atoms with van der Waals surface area (Å²) in [4.78, 5) is 0. The molecule has 0 unspecified atom stereocenters. The van der Waals surface area contributed by atoms with Gasteiger partial charge in [0.2, 0.25) is 0 Å². The zero-order valence-corrected chi connectivity index (χ0v) is 10.9. The number of halogens is 2. The first kappa shape index (κ1) is 13.1. The number of benzene rings is 1. The Labute approximate surface area is 106 Å². The summed E-state index contributed by atoms with van der Waals surface area (Å²) >= 11 is 12.2. The smallest absolute Gasteiger partial charge is 0.0962 e. The van der Waals surface area contributed by atoms with E-state index in [0.717, 1.165) is 17.5 Å². The first-order valence-corrected chi connectivity index (χ1v) is 5.91. The molecular formula is C13H13Cl2N. The van der Waals surface area contributed by atoms with Gasteiger partial charge in [-0.3, -0.25) is 0 Å². The molecule has 84 valence electrons. The quantitative estimate of drug-likeness (QED) is 0.702. The Hall–Kier alpha value is -0.970. The minimum atomic E-state index is 0.518. The van der Waals surface area contributed by atoms with Crippen molar-refractivity contribution in [3.63, 3.8) is 0 Å². The Kier molecular flexibility index (Phi) is 4.86. The minimum Gasteiger partial charge on any atom is -0.193 e. The second kappa shape index (κ2) is 5.94. The van der Waals surface area contributed by atoms with Gasteiger partial charge in [-0.25, -0.2) is 0 Å². The van der Waals surface area contributed by atoms with Gasteiger partial charge in [-0.05, 0) is 30.5 Å². The molecule has 0 N–H and O–H groups in total. The molecule has 0 aliphatic heterocycles. The summed E-state index contributed by atoms with van der Waals surface area (Å²) in [6, 6.07) is 7.70. The summed E-state index contributed by atoms with van der Waals surface area (Å²) in [5, 5.41) is 10.2. The Bertz CT molecular complexity index is 455. The maximum atomic E-state index is 9.02. The van der Waals surface area contributed by atoms with Crippen molar-refractivity contribution in [1.29, 1.82) is 5.26 Å². The Morgan fingerprint density at radius 3 is 2.69 bits per heavy atom. The topological polar surface area (TPSA) is 23.8 Å². The van der Waals surface area contributed by atoms with E-state index in [1.807, 2.05) is 32.0 Å². The van der Waals surface area contributed by atoms with Gasteiger partial charge < -0.3 is 0 Å². The third-order valence-electron chi connectivity index (χ3n) is 2.40. The van der Waals surface area contributed by atoms with Gasteiger partial charge in [0.05, 0.1) is 11.1 Å². The number of allylic oxidation sites excluding steroid dienone is 1. The van der Waals surface area contributed by atoms with Gasteiger partial charge in [-0.2, -0.15) is 5.26 Å². The van der Waals surface area contributed by atoms with Crippen LogP contribution in [0.25, 0.3) is 5.03 Å². The van der Waals surface area contributed by atoms with Gasteiger partial charge in [0.25, 0.3) is 0 Å². The highest BCUT2D eigenvalue weighted by molar-refractivity contribution is 6.50. The first-order chi connectivity index (χ1) is 7.61. The third kappa shape index (κ3) is 2.78. The van der Waals surface area contributed by atoms with E-state index in [9.17, 15) is 0 Å². The predicted octanol–water partition coefficient (Wildman–Crippen LogP) is 4.92. The zero-order chi connectivity index (χ0) is 12.1. The van der Waals surface area contributed by atoms with Crippen molar-refractivity contribution in [2.45, 2.75) is 26.7 Å². The van der Waals surface area contributed by atoms with Crippen LogP contribution in [-0.4, -0.2) is 0 Å². The van der Waals surface area contributed by atoms with Crippen molar-refractivity contribution in [3.05, 3.63) is 39.9 Å². The summed E-state index contributed by atoms with van der Waals surface area (Å²) in [5.41, 5.74) is 2.38. The summed E-state index contributed by atoms with van der Waals surface area (Å²) in [7, 11) is 0. The monoisotopic (exact) mass is 253 g/mol. The number of rotatable bonds is 3. The van der Waals surface area contributed by atoms with E-state index in [0.29, 0.717) is 22.0 Å². The molecule has 0 aliphatic carbocycles. The lowest BCUT2D eigenvalue weighted by Crippen LogP contribution is -1.89. The predicted molar refractivity (Wildman–Crippen MR) is 69.5 cm³/mol. The van der Waals surface area contributed by atoms with Crippen LogP contribution in [0, 0.1) is 18.3 Å². The number of hydrogen-bond donors (Lipinski definition) is 0. The molecule has 1 aromatic rings. The van der Waals surface area contributed by atoms with E-state index in [-0.39, 0.29) is 0 Å². The van der Waals surface area contributed by atoms with Crippen molar-refractivity contribution < 1.29 is 0 Å². The fraction of sp³-hybridized carbons (Fsp3) is 0.308. The summed E-state index contributed by atoms with van der Waals surface area (Å²) < 4.78 is 0. The molecule has 16 heavy (non-hydrogen) atoms. The molecule has 3 heteroatoms. The molecule has 0 saturated heterocycles.